The van der Waals surface area contributed by atoms with Crippen molar-refractivity contribution in [2.45, 2.75) is 42.9 Å². The minimum absolute atomic E-state index is 0.114. The van der Waals surface area contributed by atoms with Crippen molar-refractivity contribution < 1.29 is 17.9 Å². The number of piperazine rings is 1. The van der Waals surface area contributed by atoms with E-state index in [4.69, 9.17) is 9.72 Å². The smallest absolute Gasteiger partial charge is 0.243 e. The van der Waals surface area contributed by atoms with Crippen molar-refractivity contribution in [3.05, 3.63) is 42.0 Å². The summed E-state index contributed by atoms with van der Waals surface area (Å²) < 4.78 is 33.2. The molecule has 0 radical (unpaired) electrons. The Hall–Kier alpha value is -2.64. The van der Waals surface area contributed by atoms with Crippen molar-refractivity contribution in [1.29, 1.82) is 0 Å². The van der Waals surface area contributed by atoms with Crippen molar-refractivity contribution in [2.24, 2.45) is 5.92 Å². The molecule has 0 bridgehead atoms. The molecule has 1 unspecified atom stereocenters. The first-order chi connectivity index (χ1) is 19.5. The number of hydrogen-bond acceptors (Lipinski definition) is 9. The maximum atomic E-state index is 13.7. The van der Waals surface area contributed by atoms with Gasteiger partial charge in [0.25, 0.3) is 0 Å². The molecule has 2 saturated heterocycles. The number of pyridine rings is 1. The Kier molecular flexibility index (Phi) is 8.31. The van der Waals surface area contributed by atoms with Gasteiger partial charge >= 0.3 is 0 Å². The first-order valence-electron chi connectivity index (χ1n) is 14.2. The molecule has 2 aromatic heterocycles. The molecule has 4 heterocycles. The number of carbonyl (C=O) groups excluding carboxylic acids is 1. The van der Waals surface area contributed by atoms with Gasteiger partial charge < -0.3 is 20.3 Å². The number of nitrogens with one attached hydrogen (secondary N) is 2. The number of anilines is 2. The van der Waals surface area contributed by atoms with E-state index in [-0.39, 0.29) is 16.7 Å². The van der Waals surface area contributed by atoms with Crippen LogP contribution in [-0.2, 0) is 19.6 Å². The van der Waals surface area contributed by atoms with Crippen LogP contribution in [0.4, 0.5) is 10.9 Å². The minimum Gasteiger partial charge on any atom is -0.378 e. The second-order valence-electron chi connectivity index (χ2n) is 10.8. The summed E-state index contributed by atoms with van der Waals surface area (Å²) in [7, 11) is -3.56. The number of thiazole rings is 1. The van der Waals surface area contributed by atoms with E-state index in [1.54, 1.807) is 12.1 Å². The molecule has 2 aliphatic heterocycles. The first kappa shape index (κ1) is 27.5. The zero-order valence-corrected chi connectivity index (χ0v) is 24.2. The number of aromatic nitrogens is 2. The van der Waals surface area contributed by atoms with E-state index in [0.29, 0.717) is 50.4 Å². The molecule has 12 heteroatoms. The zero-order valence-electron chi connectivity index (χ0n) is 22.5. The van der Waals surface area contributed by atoms with Crippen LogP contribution in [0, 0.1) is 5.92 Å². The Bertz CT molecular complexity index is 1430. The Labute approximate surface area is 239 Å². The molecule has 3 fully saturated rings. The van der Waals surface area contributed by atoms with Gasteiger partial charge in [0.1, 0.15) is 16.2 Å². The normalized spacial score (nSPS) is 20.1. The van der Waals surface area contributed by atoms with Crippen LogP contribution in [0.25, 0.3) is 10.3 Å². The lowest BCUT2D eigenvalue weighted by molar-refractivity contribution is -0.118. The largest absolute Gasteiger partial charge is 0.378 e. The number of ether oxygens (including phenoxy) is 1. The number of nitrogens with zero attached hydrogens (tertiary/aromatic N) is 4. The average Bonchev–Trinajstić information content (AvgIpc) is 3.66. The number of benzene rings is 1. The van der Waals surface area contributed by atoms with Crippen LogP contribution < -0.4 is 15.5 Å². The van der Waals surface area contributed by atoms with E-state index in [2.05, 4.69) is 20.5 Å². The molecule has 1 atom stereocenters. The summed E-state index contributed by atoms with van der Waals surface area (Å²) in [6.07, 6.45) is 5.36. The van der Waals surface area contributed by atoms with E-state index in [1.807, 2.05) is 24.3 Å². The van der Waals surface area contributed by atoms with Gasteiger partial charge in [0.2, 0.25) is 15.9 Å². The molecule has 0 spiro atoms. The highest BCUT2D eigenvalue weighted by Crippen LogP contribution is 2.36. The third-order valence-corrected chi connectivity index (χ3v) is 11.0. The van der Waals surface area contributed by atoms with Crippen molar-refractivity contribution in [3.8, 4) is 0 Å². The lowest BCUT2D eigenvalue weighted by Crippen LogP contribution is -2.46. The summed E-state index contributed by atoms with van der Waals surface area (Å²) >= 11 is 1.38. The van der Waals surface area contributed by atoms with Gasteiger partial charge in [0, 0.05) is 39.3 Å². The lowest BCUT2D eigenvalue weighted by Gasteiger charge is -2.27. The topological polar surface area (TPSA) is 117 Å². The number of amides is 1. The third kappa shape index (κ3) is 6.01. The number of carbonyl (C=O) groups is 1. The summed E-state index contributed by atoms with van der Waals surface area (Å²) in [4.78, 5) is 26.4. The van der Waals surface area contributed by atoms with E-state index in [9.17, 15) is 13.2 Å². The van der Waals surface area contributed by atoms with Gasteiger partial charge in [-0.2, -0.15) is 4.31 Å². The summed E-state index contributed by atoms with van der Waals surface area (Å²) in [6, 6.07) is 10.8. The Morgan fingerprint density at radius 1 is 1.02 bits per heavy atom. The number of morpholine rings is 1. The highest BCUT2D eigenvalue weighted by molar-refractivity contribution is 7.89. The van der Waals surface area contributed by atoms with Gasteiger partial charge in [-0.05, 0) is 42.2 Å². The predicted molar refractivity (Wildman–Crippen MR) is 156 cm³/mol. The van der Waals surface area contributed by atoms with Gasteiger partial charge in [-0.3, -0.25) is 4.79 Å². The van der Waals surface area contributed by atoms with Crippen molar-refractivity contribution in [1.82, 2.24) is 19.6 Å². The minimum atomic E-state index is -3.56. The number of fused-ring (bicyclic) bond motifs is 1. The second kappa shape index (κ2) is 12.1. The molecule has 3 aromatic rings. The van der Waals surface area contributed by atoms with Crippen LogP contribution in [0.2, 0.25) is 0 Å². The average molecular weight is 585 g/mol. The fraction of sp³-hybridized carbons (Fsp3) is 0.536. The SMILES string of the molecule is O=C(Nc1nc2ccc(N3CCOCC3)nc2s1)C(CC1CCCC1)c1ccc(S(=O)(=O)N2CCNCC2)cc1. The maximum Gasteiger partial charge on any atom is 0.243 e. The molecule has 2 N–H and O–H groups in total. The predicted octanol–water partition coefficient (Wildman–Crippen LogP) is 3.42. The molecule has 1 aromatic carbocycles. The molecule has 1 aliphatic carbocycles. The molecular formula is C28H36N6O4S2. The molecule has 214 valence electrons. The van der Waals surface area contributed by atoms with Crippen LogP contribution in [0.5, 0.6) is 0 Å². The Morgan fingerprint density at radius 3 is 2.48 bits per heavy atom. The highest BCUT2D eigenvalue weighted by atomic mass is 32.2. The summed E-state index contributed by atoms with van der Waals surface area (Å²) in [6.45, 7) is 5.21. The quantitative estimate of drug-likeness (QED) is 0.414. The monoisotopic (exact) mass is 584 g/mol. The fourth-order valence-corrected chi connectivity index (χ4v) is 8.18. The van der Waals surface area contributed by atoms with E-state index >= 15 is 0 Å². The van der Waals surface area contributed by atoms with E-state index in [1.165, 1.54) is 28.5 Å². The van der Waals surface area contributed by atoms with E-state index in [0.717, 1.165) is 54.1 Å². The van der Waals surface area contributed by atoms with Gasteiger partial charge in [0.05, 0.1) is 24.0 Å². The highest BCUT2D eigenvalue weighted by Gasteiger charge is 2.30. The second-order valence-corrected chi connectivity index (χ2v) is 13.7. The Morgan fingerprint density at radius 2 is 1.75 bits per heavy atom. The van der Waals surface area contributed by atoms with Crippen LogP contribution in [0.15, 0.2) is 41.3 Å². The summed E-state index contributed by atoms with van der Waals surface area (Å²) in [5, 5.41) is 6.78. The fourth-order valence-electron chi connectivity index (χ4n) is 5.90. The van der Waals surface area contributed by atoms with Crippen LogP contribution in [0.3, 0.4) is 0 Å². The summed E-state index contributed by atoms with van der Waals surface area (Å²) in [5.41, 5.74) is 1.59. The number of sulfonamides is 1. The van der Waals surface area contributed by atoms with Crippen molar-refractivity contribution in [2.75, 3.05) is 62.7 Å². The third-order valence-electron chi connectivity index (χ3n) is 8.16. The lowest BCUT2D eigenvalue weighted by atomic mass is 9.87. The molecule has 1 saturated carbocycles. The van der Waals surface area contributed by atoms with Gasteiger partial charge in [-0.25, -0.2) is 18.4 Å². The standard InChI is InChI=1S/C28H36N6O4S2/c35-26(32-28-30-24-9-10-25(31-27(24)39-28)33-15-17-38-18-16-33)23(19-20-3-1-2-4-20)21-5-7-22(8-6-21)40(36,37)34-13-11-29-12-14-34/h5-10,20,23,29H,1-4,11-19H2,(H,30,32,35). The van der Waals surface area contributed by atoms with Gasteiger partial charge in [-0.1, -0.05) is 49.2 Å². The first-order valence-corrected chi connectivity index (χ1v) is 16.4. The van der Waals surface area contributed by atoms with Crippen LogP contribution >= 0.6 is 11.3 Å². The number of hydrogen-bond donors (Lipinski definition) is 2. The molecular weight excluding hydrogens is 548 g/mol. The molecule has 3 aliphatic rings. The van der Waals surface area contributed by atoms with E-state index < -0.39 is 10.0 Å². The van der Waals surface area contributed by atoms with Crippen molar-refractivity contribution in [3.63, 3.8) is 0 Å². The van der Waals surface area contributed by atoms with Crippen LogP contribution in [0.1, 0.15) is 43.6 Å². The molecule has 6 rings (SSSR count). The Balaban J connectivity index is 1.21. The van der Waals surface area contributed by atoms with Gasteiger partial charge in [0.15, 0.2) is 5.13 Å². The van der Waals surface area contributed by atoms with Crippen molar-refractivity contribution >= 4 is 48.6 Å². The van der Waals surface area contributed by atoms with Crippen LogP contribution in [-0.4, -0.2) is 81.1 Å². The molecule has 10 nitrogen and oxygen atoms in total. The zero-order chi connectivity index (χ0) is 27.5. The summed E-state index contributed by atoms with van der Waals surface area (Å²) in [5.74, 6) is 0.875. The van der Waals surface area contributed by atoms with Gasteiger partial charge in [-0.15, -0.1) is 0 Å². The maximum absolute atomic E-state index is 13.7. The molecule has 1 amide bonds. The number of rotatable bonds is 8. The molecule has 40 heavy (non-hydrogen) atoms.